The molecule has 0 aliphatic carbocycles. The summed E-state index contributed by atoms with van der Waals surface area (Å²) in [5.74, 6) is -1.12. The molecule has 2 atom stereocenters. The summed E-state index contributed by atoms with van der Waals surface area (Å²) in [5.41, 5.74) is 0.512. The number of nitrogens with zero attached hydrogens (tertiary/aromatic N) is 1. The number of amides is 1. The molecule has 6 heteroatoms. The summed E-state index contributed by atoms with van der Waals surface area (Å²) in [4.78, 5) is 26.1. The van der Waals surface area contributed by atoms with Gasteiger partial charge in [0.1, 0.15) is 0 Å². The van der Waals surface area contributed by atoms with Crippen LogP contribution in [-0.4, -0.2) is 48.2 Å². The van der Waals surface area contributed by atoms with Crippen molar-refractivity contribution in [3.8, 4) is 0 Å². The first kappa shape index (κ1) is 15.3. The molecule has 0 radical (unpaired) electrons. The normalized spacial score (nSPS) is 27.5. The van der Waals surface area contributed by atoms with Crippen LogP contribution >= 0.6 is 11.6 Å². The predicted molar refractivity (Wildman–Crippen MR) is 81.1 cm³/mol. The Labute approximate surface area is 133 Å². The van der Waals surface area contributed by atoms with Crippen molar-refractivity contribution in [2.24, 2.45) is 11.3 Å². The highest BCUT2D eigenvalue weighted by Crippen LogP contribution is 2.42. The van der Waals surface area contributed by atoms with Crippen molar-refractivity contribution in [3.63, 3.8) is 0 Å². The average molecular weight is 324 g/mol. The van der Waals surface area contributed by atoms with E-state index in [0.717, 1.165) is 5.56 Å². The van der Waals surface area contributed by atoms with Gasteiger partial charge in [0, 0.05) is 36.2 Å². The minimum Gasteiger partial charge on any atom is -0.481 e. The van der Waals surface area contributed by atoms with E-state index in [4.69, 9.17) is 16.3 Å². The number of aliphatic carboxylic acids is 1. The van der Waals surface area contributed by atoms with E-state index < -0.39 is 11.4 Å². The van der Waals surface area contributed by atoms with Crippen molar-refractivity contribution in [2.45, 2.75) is 13.3 Å². The maximum atomic E-state index is 12.7. The Morgan fingerprint density at radius 2 is 2.23 bits per heavy atom. The molecule has 22 heavy (non-hydrogen) atoms. The van der Waals surface area contributed by atoms with Gasteiger partial charge in [-0.2, -0.15) is 0 Å². The van der Waals surface area contributed by atoms with Gasteiger partial charge in [0.15, 0.2) is 0 Å². The smallest absolute Gasteiger partial charge is 0.311 e. The number of carbonyl (C=O) groups is 2. The fourth-order valence-corrected chi connectivity index (χ4v) is 3.53. The zero-order chi connectivity index (χ0) is 15.9. The molecular weight excluding hydrogens is 306 g/mol. The van der Waals surface area contributed by atoms with E-state index in [1.165, 1.54) is 0 Å². The molecule has 1 aromatic rings. The van der Waals surface area contributed by atoms with E-state index in [1.54, 1.807) is 23.1 Å². The zero-order valence-electron chi connectivity index (χ0n) is 12.3. The van der Waals surface area contributed by atoms with E-state index in [0.29, 0.717) is 36.8 Å². The number of benzene rings is 1. The van der Waals surface area contributed by atoms with Crippen LogP contribution in [0.2, 0.25) is 5.02 Å². The Hall–Kier alpha value is -1.59. The van der Waals surface area contributed by atoms with Crippen LogP contribution < -0.4 is 0 Å². The van der Waals surface area contributed by atoms with Gasteiger partial charge in [0.05, 0.1) is 12.0 Å². The highest BCUT2D eigenvalue weighted by Gasteiger charge is 2.54. The Balaban J connectivity index is 1.85. The Kier molecular flexibility index (Phi) is 3.87. The van der Waals surface area contributed by atoms with E-state index in [2.05, 4.69) is 0 Å². The van der Waals surface area contributed by atoms with Crippen molar-refractivity contribution < 1.29 is 19.4 Å². The molecule has 0 saturated carbocycles. The fourth-order valence-electron chi connectivity index (χ4n) is 3.41. The second-order valence-electron chi connectivity index (χ2n) is 6.13. The molecule has 2 saturated heterocycles. The Morgan fingerprint density at radius 1 is 1.45 bits per heavy atom. The molecule has 0 bridgehead atoms. The molecule has 118 valence electrons. The lowest BCUT2D eigenvalue weighted by atomic mass is 9.74. The van der Waals surface area contributed by atoms with Gasteiger partial charge in [-0.25, -0.2) is 0 Å². The highest BCUT2D eigenvalue weighted by molar-refractivity contribution is 6.31. The first-order valence-corrected chi connectivity index (χ1v) is 7.68. The van der Waals surface area contributed by atoms with Crippen molar-refractivity contribution in [2.75, 3.05) is 26.3 Å². The first-order chi connectivity index (χ1) is 10.4. The lowest BCUT2D eigenvalue weighted by Gasteiger charge is -2.33. The predicted octanol–water partition coefficient (Wildman–Crippen LogP) is 2.21. The number of carbonyl (C=O) groups excluding carboxylic acids is 1. The second-order valence-corrected chi connectivity index (χ2v) is 6.54. The molecule has 0 spiro atoms. The van der Waals surface area contributed by atoms with Gasteiger partial charge in [-0.1, -0.05) is 11.6 Å². The van der Waals surface area contributed by atoms with Crippen molar-refractivity contribution >= 4 is 23.5 Å². The number of carboxylic acid groups (broad SMARTS) is 1. The number of carboxylic acids is 1. The molecule has 2 aliphatic heterocycles. The number of likely N-dealkylation sites (tertiary alicyclic amines) is 1. The SMILES string of the molecule is Cc1cc(C(=O)N2C[C@H]3COCC[C@@]3(C(=O)O)C2)ccc1Cl. The molecule has 0 unspecified atom stereocenters. The summed E-state index contributed by atoms with van der Waals surface area (Å²) < 4.78 is 5.41. The van der Waals surface area contributed by atoms with Gasteiger partial charge < -0.3 is 14.7 Å². The minimum atomic E-state index is -0.866. The van der Waals surface area contributed by atoms with E-state index in [1.807, 2.05) is 6.92 Å². The average Bonchev–Trinajstić information content (AvgIpc) is 2.90. The Bertz CT molecular complexity index is 633. The van der Waals surface area contributed by atoms with E-state index >= 15 is 0 Å². The van der Waals surface area contributed by atoms with Crippen LogP contribution in [0.5, 0.6) is 0 Å². The number of aryl methyl sites for hydroxylation is 1. The topological polar surface area (TPSA) is 66.8 Å². The maximum absolute atomic E-state index is 12.7. The summed E-state index contributed by atoms with van der Waals surface area (Å²) >= 11 is 5.99. The number of fused-ring (bicyclic) bond motifs is 1. The lowest BCUT2D eigenvalue weighted by Crippen LogP contribution is -2.45. The largest absolute Gasteiger partial charge is 0.481 e. The van der Waals surface area contributed by atoms with Gasteiger partial charge in [0.25, 0.3) is 5.91 Å². The molecule has 5 nitrogen and oxygen atoms in total. The molecule has 1 N–H and O–H groups in total. The summed E-state index contributed by atoms with van der Waals surface area (Å²) in [5, 5.41) is 10.3. The number of rotatable bonds is 2. The van der Waals surface area contributed by atoms with Crippen LogP contribution in [0, 0.1) is 18.3 Å². The van der Waals surface area contributed by atoms with Crippen molar-refractivity contribution in [1.29, 1.82) is 0 Å². The first-order valence-electron chi connectivity index (χ1n) is 7.30. The lowest BCUT2D eigenvalue weighted by molar-refractivity contribution is -0.157. The van der Waals surface area contributed by atoms with E-state index in [-0.39, 0.29) is 18.4 Å². The molecule has 3 rings (SSSR count). The van der Waals surface area contributed by atoms with Gasteiger partial charge in [0.2, 0.25) is 0 Å². The summed E-state index contributed by atoms with van der Waals surface area (Å²) in [6.07, 6.45) is 0.455. The van der Waals surface area contributed by atoms with Gasteiger partial charge in [-0.3, -0.25) is 9.59 Å². The summed E-state index contributed by atoms with van der Waals surface area (Å²) in [7, 11) is 0. The number of ether oxygens (including phenoxy) is 1. The number of hydrogen-bond donors (Lipinski definition) is 1. The van der Waals surface area contributed by atoms with Crippen LogP contribution in [0.25, 0.3) is 0 Å². The van der Waals surface area contributed by atoms with Crippen LogP contribution in [0.1, 0.15) is 22.3 Å². The molecular formula is C16H18ClNO4. The van der Waals surface area contributed by atoms with Gasteiger partial charge in [-0.05, 0) is 37.1 Å². The molecule has 1 amide bonds. The monoisotopic (exact) mass is 323 g/mol. The van der Waals surface area contributed by atoms with Gasteiger partial charge >= 0.3 is 5.97 Å². The quantitative estimate of drug-likeness (QED) is 0.906. The van der Waals surface area contributed by atoms with Crippen molar-refractivity contribution in [3.05, 3.63) is 34.3 Å². The van der Waals surface area contributed by atoms with Crippen LogP contribution in [0.4, 0.5) is 0 Å². The molecule has 0 aromatic heterocycles. The highest BCUT2D eigenvalue weighted by atomic mass is 35.5. The molecule has 2 aliphatic rings. The number of halogens is 1. The standard InChI is InChI=1S/C16H18ClNO4/c1-10-6-11(2-3-13(10)17)14(19)18-7-12-8-22-5-4-16(12,9-18)15(20)21/h2-3,6,12H,4-5,7-9H2,1H3,(H,20,21)/t12-,16+/m0/s1. The number of hydrogen-bond acceptors (Lipinski definition) is 3. The molecule has 2 heterocycles. The molecule has 1 aromatic carbocycles. The van der Waals surface area contributed by atoms with Gasteiger partial charge in [-0.15, -0.1) is 0 Å². The fraction of sp³-hybridized carbons (Fsp3) is 0.500. The third-order valence-electron chi connectivity index (χ3n) is 4.82. The summed E-state index contributed by atoms with van der Waals surface area (Å²) in [6, 6.07) is 5.13. The van der Waals surface area contributed by atoms with Crippen LogP contribution in [0.3, 0.4) is 0 Å². The Morgan fingerprint density at radius 3 is 2.86 bits per heavy atom. The molecule has 2 fully saturated rings. The van der Waals surface area contributed by atoms with Crippen LogP contribution in [0.15, 0.2) is 18.2 Å². The maximum Gasteiger partial charge on any atom is 0.311 e. The second kappa shape index (κ2) is 5.56. The minimum absolute atomic E-state index is 0.143. The van der Waals surface area contributed by atoms with Crippen molar-refractivity contribution in [1.82, 2.24) is 4.90 Å². The third-order valence-corrected chi connectivity index (χ3v) is 5.25. The summed E-state index contributed by atoms with van der Waals surface area (Å²) in [6.45, 7) is 3.35. The zero-order valence-corrected chi connectivity index (χ0v) is 13.1. The third kappa shape index (κ3) is 2.38. The van der Waals surface area contributed by atoms with E-state index in [9.17, 15) is 14.7 Å². The van der Waals surface area contributed by atoms with Crippen LogP contribution in [-0.2, 0) is 9.53 Å².